The molecular formula is C25H37BF2N2. The Bertz CT molecular complexity index is 872. The van der Waals surface area contributed by atoms with Gasteiger partial charge in [0.15, 0.2) is 0 Å². The maximum absolute atomic E-state index is 16.9. The van der Waals surface area contributed by atoms with Crippen LogP contribution >= 0.6 is 0 Å². The smallest absolute Gasteiger partial charge is 0.426 e. The fourth-order valence-corrected chi connectivity index (χ4v) is 5.41. The Morgan fingerprint density at radius 2 is 1.27 bits per heavy atom. The van der Waals surface area contributed by atoms with Gasteiger partial charge in [0.1, 0.15) is 0 Å². The van der Waals surface area contributed by atoms with Crippen LogP contribution in [-0.4, -0.2) is 23.4 Å². The Balaban J connectivity index is 2.45. The number of rotatable bonds is 5. The molecule has 2 nitrogen and oxygen atoms in total. The van der Waals surface area contributed by atoms with Crippen molar-refractivity contribution in [3.63, 3.8) is 0 Å². The molecule has 5 heteroatoms. The van der Waals surface area contributed by atoms with Crippen molar-refractivity contribution in [3.8, 4) is 0 Å². The van der Waals surface area contributed by atoms with Crippen molar-refractivity contribution < 1.29 is 13.0 Å². The summed E-state index contributed by atoms with van der Waals surface area (Å²) in [6.45, 7) is 12.6. The SMILES string of the molecule is CC(C)c1cccc(C(C)C)c1N1c2ccccc2C[N+](C(C)C)(C(C)C)[B-]1(F)F. The zero-order valence-corrected chi connectivity index (χ0v) is 19.8. The van der Waals surface area contributed by atoms with E-state index in [0.717, 1.165) is 16.7 Å². The minimum atomic E-state index is -3.94. The van der Waals surface area contributed by atoms with Gasteiger partial charge >= 0.3 is 6.97 Å². The third-order valence-electron chi connectivity index (χ3n) is 7.09. The second-order valence-electron chi connectivity index (χ2n) is 10.0. The molecule has 0 fully saturated rings. The minimum absolute atomic E-state index is 0.152. The number of para-hydroxylation sites is 2. The van der Waals surface area contributed by atoms with Crippen LogP contribution in [0.1, 0.15) is 83.9 Å². The number of halogens is 2. The van der Waals surface area contributed by atoms with E-state index in [1.165, 1.54) is 4.81 Å². The van der Waals surface area contributed by atoms with E-state index in [4.69, 9.17) is 0 Å². The summed E-state index contributed by atoms with van der Waals surface area (Å²) in [6.07, 6.45) is 0. The summed E-state index contributed by atoms with van der Waals surface area (Å²) in [5.41, 5.74) is 4.35. The van der Waals surface area contributed by atoms with E-state index in [-0.39, 0.29) is 28.3 Å². The van der Waals surface area contributed by atoms with E-state index < -0.39 is 6.97 Å². The largest absolute Gasteiger partial charge is 0.661 e. The van der Waals surface area contributed by atoms with Crippen molar-refractivity contribution in [1.29, 1.82) is 0 Å². The predicted molar refractivity (Wildman–Crippen MR) is 125 cm³/mol. The van der Waals surface area contributed by atoms with Gasteiger partial charge in [-0.2, -0.15) is 0 Å². The van der Waals surface area contributed by atoms with Gasteiger partial charge in [0.2, 0.25) is 0 Å². The Morgan fingerprint density at radius 1 is 0.767 bits per heavy atom. The molecule has 0 saturated heterocycles. The van der Waals surface area contributed by atoms with Gasteiger partial charge in [-0.05, 0) is 56.7 Å². The minimum Gasteiger partial charge on any atom is -0.426 e. The molecule has 2 aromatic rings. The topological polar surface area (TPSA) is 3.24 Å². The maximum Gasteiger partial charge on any atom is 0.661 e. The van der Waals surface area contributed by atoms with Crippen LogP contribution < -0.4 is 4.81 Å². The first kappa shape index (κ1) is 22.8. The first-order chi connectivity index (χ1) is 14.0. The fraction of sp³-hybridized carbons (Fsp3) is 0.520. The van der Waals surface area contributed by atoms with E-state index in [1.54, 1.807) is 0 Å². The first-order valence-electron chi connectivity index (χ1n) is 11.4. The summed E-state index contributed by atoms with van der Waals surface area (Å²) in [4.78, 5) is 1.45. The van der Waals surface area contributed by atoms with E-state index in [0.29, 0.717) is 17.9 Å². The lowest BCUT2D eigenvalue weighted by molar-refractivity contribution is -0.901. The lowest BCUT2D eigenvalue weighted by Gasteiger charge is -2.63. The number of hydrogen-bond acceptors (Lipinski definition) is 1. The first-order valence-corrected chi connectivity index (χ1v) is 11.4. The molecule has 30 heavy (non-hydrogen) atoms. The zero-order valence-electron chi connectivity index (χ0n) is 19.8. The number of quaternary nitrogens is 1. The molecule has 0 bridgehead atoms. The van der Waals surface area contributed by atoms with Gasteiger partial charge in [0.05, 0.1) is 6.54 Å². The van der Waals surface area contributed by atoms with Crippen LogP contribution in [0.5, 0.6) is 0 Å². The van der Waals surface area contributed by atoms with Gasteiger partial charge in [-0.15, -0.1) is 0 Å². The molecule has 1 aliphatic heterocycles. The normalized spacial score (nSPS) is 17.9. The van der Waals surface area contributed by atoms with Crippen molar-refractivity contribution in [2.45, 2.75) is 85.9 Å². The van der Waals surface area contributed by atoms with Crippen LogP contribution in [0.4, 0.5) is 20.0 Å². The summed E-state index contributed by atoms with van der Waals surface area (Å²) in [6, 6.07) is 13.4. The van der Waals surface area contributed by atoms with E-state index in [2.05, 4.69) is 27.7 Å². The van der Waals surface area contributed by atoms with Gasteiger partial charge in [-0.1, -0.05) is 64.1 Å². The molecule has 164 valence electrons. The van der Waals surface area contributed by atoms with E-state index in [9.17, 15) is 0 Å². The summed E-state index contributed by atoms with van der Waals surface area (Å²) in [5, 5.41) is 0. The summed E-state index contributed by atoms with van der Waals surface area (Å²) < 4.78 is 33.6. The van der Waals surface area contributed by atoms with Gasteiger partial charge in [-0.25, -0.2) is 0 Å². The van der Waals surface area contributed by atoms with Gasteiger partial charge in [-0.3, -0.25) is 0 Å². The molecular weight excluding hydrogens is 377 g/mol. The zero-order chi connectivity index (χ0) is 22.4. The van der Waals surface area contributed by atoms with Crippen LogP contribution in [0.25, 0.3) is 0 Å². The second-order valence-corrected chi connectivity index (χ2v) is 10.0. The molecule has 0 N–H and O–H groups in total. The average Bonchev–Trinajstić information content (AvgIpc) is 2.65. The van der Waals surface area contributed by atoms with Gasteiger partial charge in [0, 0.05) is 29.0 Å². The summed E-state index contributed by atoms with van der Waals surface area (Å²) >= 11 is 0. The van der Waals surface area contributed by atoms with Gasteiger partial charge < -0.3 is 17.8 Å². The van der Waals surface area contributed by atoms with E-state index >= 15 is 8.63 Å². The summed E-state index contributed by atoms with van der Waals surface area (Å²) in [7, 11) is 0. The molecule has 0 unspecified atom stereocenters. The number of fused-ring (bicyclic) bond motifs is 1. The fourth-order valence-electron chi connectivity index (χ4n) is 5.41. The predicted octanol–water partition coefficient (Wildman–Crippen LogP) is 7.59. The lowest BCUT2D eigenvalue weighted by atomic mass is 9.73. The maximum atomic E-state index is 16.9. The molecule has 2 aromatic carbocycles. The molecule has 1 heterocycles. The Morgan fingerprint density at radius 3 is 1.73 bits per heavy atom. The lowest BCUT2D eigenvalue weighted by Crippen LogP contribution is -2.77. The molecule has 3 rings (SSSR count). The molecule has 0 aliphatic carbocycles. The highest BCUT2D eigenvalue weighted by atomic mass is 19.2. The Hall–Kier alpha value is -1.88. The number of hydrogen-bond donors (Lipinski definition) is 0. The second kappa shape index (κ2) is 7.99. The van der Waals surface area contributed by atoms with Crippen molar-refractivity contribution >= 4 is 18.3 Å². The van der Waals surface area contributed by atoms with Crippen molar-refractivity contribution in [1.82, 2.24) is 0 Å². The van der Waals surface area contributed by atoms with Crippen LogP contribution in [0.2, 0.25) is 0 Å². The third kappa shape index (κ3) is 3.26. The van der Waals surface area contributed by atoms with Crippen molar-refractivity contribution in [3.05, 3.63) is 59.2 Å². The van der Waals surface area contributed by atoms with Crippen LogP contribution in [0.3, 0.4) is 0 Å². The number of benzene rings is 2. The summed E-state index contributed by atoms with van der Waals surface area (Å²) in [5.74, 6) is 0.304. The molecule has 0 aromatic heterocycles. The quantitative estimate of drug-likeness (QED) is 0.456. The number of nitrogens with zero attached hydrogens (tertiary/aromatic N) is 2. The molecule has 0 spiro atoms. The highest BCUT2D eigenvalue weighted by molar-refractivity contribution is 6.65. The Labute approximate surface area is 181 Å². The molecule has 0 radical (unpaired) electrons. The number of anilines is 2. The van der Waals surface area contributed by atoms with Gasteiger partial charge in [0.25, 0.3) is 0 Å². The molecule has 0 amide bonds. The Kier molecular flexibility index (Phi) is 6.08. The van der Waals surface area contributed by atoms with E-state index in [1.807, 2.05) is 70.2 Å². The molecule has 0 saturated carbocycles. The highest BCUT2D eigenvalue weighted by Gasteiger charge is 2.62. The van der Waals surface area contributed by atoms with Crippen molar-refractivity contribution in [2.75, 3.05) is 4.81 Å². The average molecular weight is 414 g/mol. The molecule has 0 atom stereocenters. The highest BCUT2D eigenvalue weighted by Crippen LogP contribution is 2.51. The molecule has 1 aliphatic rings. The van der Waals surface area contributed by atoms with Crippen LogP contribution in [0.15, 0.2) is 42.5 Å². The van der Waals surface area contributed by atoms with Crippen LogP contribution in [0, 0.1) is 0 Å². The van der Waals surface area contributed by atoms with Crippen molar-refractivity contribution in [2.24, 2.45) is 0 Å². The standard InChI is InChI=1S/C25H37BF2N2/c1-17(2)22-13-11-14-23(18(3)4)25(22)29-24-15-10-9-12-21(24)16-30(19(5)6,20(7)8)26(29,27)28/h9-15,17-20H,16H2,1-8H3. The monoisotopic (exact) mass is 414 g/mol. The third-order valence-corrected chi connectivity index (χ3v) is 7.09. The van der Waals surface area contributed by atoms with Crippen LogP contribution in [-0.2, 0) is 6.54 Å².